The summed E-state index contributed by atoms with van der Waals surface area (Å²) in [5, 5.41) is 1.18. The standard InChI is InChI=1S/C18H14ClN3OS/c1-3-23-16-15-14(21-18(19)22-16)13-12(11-7-5-4-6-8-11)9-10(2)20-17(13)24-15/h4-9H,3H2,1-2H3. The molecule has 0 fully saturated rings. The van der Waals surface area contributed by atoms with E-state index in [-0.39, 0.29) is 5.28 Å². The Morgan fingerprint density at radius 1 is 1.12 bits per heavy atom. The van der Waals surface area contributed by atoms with E-state index in [0.29, 0.717) is 12.5 Å². The van der Waals surface area contributed by atoms with Gasteiger partial charge in [0, 0.05) is 11.1 Å². The summed E-state index contributed by atoms with van der Waals surface area (Å²) in [6.45, 7) is 4.44. The number of aromatic nitrogens is 3. The Labute approximate surface area is 148 Å². The topological polar surface area (TPSA) is 47.9 Å². The molecule has 0 aliphatic heterocycles. The molecule has 1 aromatic carbocycles. The first-order valence-electron chi connectivity index (χ1n) is 7.63. The van der Waals surface area contributed by atoms with Crippen molar-refractivity contribution >= 4 is 43.4 Å². The maximum Gasteiger partial charge on any atom is 0.236 e. The van der Waals surface area contributed by atoms with Crippen LogP contribution in [0.5, 0.6) is 5.88 Å². The molecule has 0 saturated heterocycles. The normalized spacial score (nSPS) is 11.3. The van der Waals surface area contributed by atoms with Crippen LogP contribution in [0.2, 0.25) is 5.28 Å². The van der Waals surface area contributed by atoms with Gasteiger partial charge < -0.3 is 4.74 Å². The minimum absolute atomic E-state index is 0.185. The molecule has 4 nitrogen and oxygen atoms in total. The van der Waals surface area contributed by atoms with Gasteiger partial charge in [-0.2, -0.15) is 4.98 Å². The first-order chi connectivity index (χ1) is 11.7. The lowest BCUT2D eigenvalue weighted by Gasteiger charge is -2.06. The number of fused-ring (bicyclic) bond motifs is 3. The molecule has 24 heavy (non-hydrogen) atoms. The summed E-state index contributed by atoms with van der Waals surface area (Å²) in [6.07, 6.45) is 0. The average Bonchev–Trinajstić information content (AvgIpc) is 2.93. The van der Waals surface area contributed by atoms with Crippen LogP contribution in [0, 0.1) is 6.92 Å². The molecule has 3 heterocycles. The van der Waals surface area contributed by atoms with Crippen LogP contribution in [0.3, 0.4) is 0 Å². The number of hydrogen-bond acceptors (Lipinski definition) is 5. The Morgan fingerprint density at radius 3 is 2.67 bits per heavy atom. The fourth-order valence-corrected chi connectivity index (χ4v) is 4.08. The van der Waals surface area contributed by atoms with Crippen molar-refractivity contribution in [2.45, 2.75) is 13.8 Å². The number of ether oxygens (including phenoxy) is 1. The Balaban J connectivity index is 2.14. The Morgan fingerprint density at radius 2 is 1.92 bits per heavy atom. The van der Waals surface area contributed by atoms with Crippen LogP contribution in [0.1, 0.15) is 12.6 Å². The van der Waals surface area contributed by atoms with E-state index >= 15 is 0 Å². The molecule has 0 radical (unpaired) electrons. The summed E-state index contributed by atoms with van der Waals surface area (Å²) in [7, 11) is 0. The lowest BCUT2D eigenvalue weighted by Crippen LogP contribution is -1.96. The Kier molecular flexibility index (Phi) is 3.82. The monoisotopic (exact) mass is 355 g/mol. The van der Waals surface area contributed by atoms with Gasteiger partial charge in [0.2, 0.25) is 11.2 Å². The van der Waals surface area contributed by atoms with Crippen molar-refractivity contribution in [2.24, 2.45) is 0 Å². The number of rotatable bonds is 3. The molecule has 6 heteroatoms. The Hall–Kier alpha value is -2.24. The SMILES string of the molecule is CCOc1nc(Cl)nc2c1sc1nc(C)cc(-c3ccccc3)c12. The fourth-order valence-electron chi connectivity index (χ4n) is 2.79. The van der Waals surface area contributed by atoms with Crippen molar-refractivity contribution in [3.8, 4) is 17.0 Å². The fraction of sp³-hybridized carbons (Fsp3) is 0.167. The summed E-state index contributed by atoms with van der Waals surface area (Å²) in [4.78, 5) is 14.3. The van der Waals surface area contributed by atoms with E-state index in [1.54, 1.807) is 11.3 Å². The van der Waals surface area contributed by atoms with Crippen LogP contribution >= 0.6 is 22.9 Å². The summed E-state index contributed by atoms with van der Waals surface area (Å²) in [5.41, 5.74) is 3.98. The van der Waals surface area contributed by atoms with Crippen molar-refractivity contribution in [1.82, 2.24) is 15.0 Å². The highest BCUT2D eigenvalue weighted by Gasteiger charge is 2.19. The molecule has 0 saturated carbocycles. The lowest BCUT2D eigenvalue weighted by atomic mass is 10.0. The maximum absolute atomic E-state index is 6.13. The molecule has 4 aromatic rings. The highest BCUT2D eigenvalue weighted by molar-refractivity contribution is 7.25. The molecule has 0 spiro atoms. The van der Waals surface area contributed by atoms with E-state index in [0.717, 1.165) is 37.3 Å². The van der Waals surface area contributed by atoms with Crippen LogP contribution in [0.25, 0.3) is 31.6 Å². The number of hydrogen-bond donors (Lipinski definition) is 0. The number of thiophene rings is 1. The van der Waals surface area contributed by atoms with E-state index in [1.165, 1.54) is 0 Å². The van der Waals surface area contributed by atoms with Gasteiger partial charge in [0.25, 0.3) is 0 Å². The third-order valence-corrected chi connectivity index (χ3v) is 4.95. The molecule has 4 rings (SSSR count). The highest BCUT2D eigenvalue weighted by atomic mass is 35.5. The molecule has 0 atom stereocenters. The lowest BCUT2D eigenvalue weighted by molar-refractivity contribution is 0.331. The van der Waals surface area contributed by atoms with E-state index in [4.69, 9.17) is 16.3 Å². The first-order valence-corrected chi connectivity index (χ1v) is 8.82. The molecule has 0 bridgehead atoms. The number of pyridine rings is 1. The zero-order valence-electron chi connectivity index (χ0n) is 13.2. The maximum atomic E-state index is 6.13. The summed E-state index contributed by atoms with van der Waals surface area (Å²) < 4.78 is 6.53. The Bertz CT molecular complexity index is 1050. The largest absolute Gasteiger partial charge is 0.477 e. The molecule has 0 N–H and O–H groups in total. The van der Waals surface area contributed by atoms with E-state index in [9.17, 15) is 0 Å². The first kappa shape index (κ1) is 15.3. The van der Waals surface area contributed by atoms with Gasteiger partial charge in [0.15, 0.2) is 0 Å². The molecular formula is C18H14ClN3OS. The van der Waals surface area contributed by atoms with Gasteiger partial charge in [-0.05, 0) is 42.6 Å². The number of halogens is 1. The molecule has 120 valence electrons. The van der Waals surface area contributed by atoms with E-state index in [2.05, 4.69) is 33.2 Å². The van der Waals surface area contributed by atoms with Crippen molar-refractivity contribution in [1.29, 1.82) is 0 Å². The van der Waals surface area contributed by atoms with Crippen molar-refractivity contribution in [3.63, 3.8) is 0 Å². The molecule has 0 amide bonds. The predicted octanol–water partition coefficient (Wildman–Crippen LogP) is 5.27. The number of aryl methyl sites for hydroxylation is 1. The van der Waals surface area contributed by atoms with Gasteiger partial charge in [-0.15, -0.1) is 11.3 Å². The third kappa shape index (κ3) is 2.50. The smallest absolute Gasteiger partial charge is 0.236 e. The molecule has 0 aliphatic carbocycles. The predicted molar refractivity (Wildman–Crippen MR) is 99.1 cm³/mol. The second-order valence-electron chi connectivity index (χ2n) is 5.37. The zero-order valence-corrected chi connectivity index (χ0v) is 14.8. The minimum Gasteiger partial charge on any atom is -0.477 e. The van der Waals surface area contributed by atoms with Crippen LogP contribution < -0.4 is 4.74 Å². The van der Waals surface area contributed by atoms with Gasteiger partial charge in [-0.25, -0.2) is 9.97 Å². The highest BCUT2D eigenvalue weighted by Crippen LogP contribution is 2.41. The summed E-state index contributed by atoms with van der Waals surface area (Å²) in [5.74, 6) is 0.521. The quantitative estimate of drug-likeness (QED) is 0.470. The van der Waals surface area contributed by atoms with E-state index < -0.39 is 0 Å². The van der Waals surface area contributed by atoms with Gasteiger partial charge in [0.05, 0.1) is 6.61 Å². The van der Waals surface area contributed by atoms with Gasteiger partial charge in [-0.1, -0.05) is 30.3 Å². The zero-order chi connectivity index (χ0) is 16.7. The van der Waals surface area contributed by atoms with E-state index in [1.807, 2.05) is 32.0 Å². The van der Waals surface area contributed by atoms with Crippen LogP contribution in [-0.2, 0) is 0 Å². The molecule has 0 unspecified atom stereocenters. The van der Waals surface area contributed by atoms with Gasteiger partial charge in [-0.3, -0.25) is 0 Å². The summed E-state index contributed by atoms with van der Waals surface area (Å²) in [6, 6.07) is 12.3. The van der Waals surface area contributed by atoms with Crippen LogP contribution in [0.4, 0.5) is 0 Å². The van der Waals surface area contributed by atoms with Crippen LogP contribution in [0.15, 0.2) is 36.4 Å². The van der Waals surface area contributed by atoms with Crippen molar-refractivity contribution < 1.29 is 4.74 Å². The number of nitrogens with zero attached hydrogens (tertiary/aromatic N) is 3. The average molecular weight is 356 g/mol. The second-order valence-corrected chi connectivity index (χ2v) is 6.71. The van der Waals surface area contributed by atoms with Gasteiger partial charge in [0.1, 0.15) is 15.0 Å². The summed E-state index contributed by atoms with van der Waals surface area (Å²) >= 11 is 7.67. The van der Waals surface area contributed by atoms with Crippen molar-refractivity contribution in [3.05, 3.63) is 47.4 Å². The van der Waals surface area contributed by atoms with Crippen LogP contribution in [-0.4, -0.2) is 21.6 Å². The minimum atomic E-state index is 0.185. The second kappa shape index (κ2) is 6.00. The van der Waals surface area contributed by atoms with Crippen molar-refractivity contribution in [2.75, 3.05) is 6.61 Å². The molecule has 3 aromatic heterocycles. The molecule has 0 aliphatic rings. The number of benzene rings is 1. The van der Waals surface area contributed by atoms with Gasteiger partial charge >= 0.3 is 0 Å². The molecular weight excluding hydrogens is 342 g/mol. The third-order valence-electron chi connectivity index (χ3n) is 3.72.